The van der Waals surface area contributed by atoms with Gasteiger partial charge in [-0.3, -0.25) is 9.59 Å². The normalized spacial score (nSPS) is 14.3. The van der Waals surface area contributed by atoms with E-state index in [4.69, 9.17) is 4.74 Å². The molecule has 3 aromatic rings. The highest BCUT2D eigenvalue weighted by Crippen LogP contribution is 2.28. The van der Waals surface area contributed by atoms with Crippen LogP contribution in [0.5, 0.6) is 5.75 Å². The Bertz CT molecular complexity index is 1050. The average molecular weight is 391 g/mol. The van der Waals surface area contributed by atoms with Gasteiger partial charge in [0.05, 0.1) is 12.8 Å². The van der Waals surface area contributed by atoms with Crippen LogP contribution in [0.15, 0.2) is 54.7 Å². The lowest BCUT2D eigenvalue weighted by atomic mass is 10.1. The first kappa shape index (κ1) is 19.1. The van der Waals surface area contributed by atoms with Gasteiger partial charge in [-0.05, 0) is 25.1 Å². The zero-order valence-corrected chi connectivity index (χ0v) is 16.8. The van der Waals surface area contributed by atoms with Crippen LogP contribution < -0.4 is 9.64 Å². The van der Waals surface area contributed by atoms with Crippen LogP contribution in [0.2, 0.25) is 0 Å². The Balaban J connectivity index is 1.46. The van der Waals surface area contributed by atoms with E-state index >= 15 is 0 Å². The average Bonchev–Trinajstić information content (AvgIpc) is 3.12. The summed E-state index contributed by atoms with van der Waals surface area (Å²) < 4.78 is 7.35. The van der Waals surface area contributed by atoms with Crippen molar-refractivity contribution in [3.63, 3.8) is 0 Å². The van der Waals surface area contributed by atoms with Crippen LogP contribution in [0, 0.1) is 0 Å². The van der Waals surface area contributed by atoms with Gasteiger partial charge < -0.3 is 19.1 Å². The second-order valence-corrected chi connectivity index (χ2v) is 7.28. The standard InChI is InChI=1S/C23H25N3O3/c1-17(27)19-15-26(20-8-4-3-7-18(19)20)16-23(28)25-13-11-24(12-14-25)21-9-5-6-10-22(21)29-2/h3-10,15H,11-14,16H2,1-2H3. The highest BCUT2D eigenvalue weighted by molar-refractivity contribution is 6.07. The number of nitrogens with zero attached hydrogens (tertiary/aromatic N) is 3. The molecular weight excluding hydrogens is 366 g/mol. The Morgan fingerprint density at radius 3 is 2.38 bits per heavy atom. The Hall–Kier alpha value is -3.28. The minimum atomic E-state index is 0.0119. The number of fused-ring (bicyclic) bond motifs is 1. The Kier molecular flexibility index (Phi) is 5.25. The third-order valence-corrected chi connectivity index (χ3v) is 5.53. The second-order valence-electron chi connectivity index (χ2n) is 7.28. The fourth-order valence-corrected chi connectivity index (χ4v) is 3.99. The quantitative estimate of drug-likeness (QED) is 0.627. The number of rotatable bonds is 5. The van der Waals surface area contributed by atoms with Crippen LogP contribution >= 0.6 is 0 Å². The highest BCUT2D eigenvalue weighted by Gasteiger charge is 2.23. The number of hydrogen-bond acceptors (Lipinski definition) is 4. The maximum absolute atomic E-state index is 12.9. The molecule has 0 bridgehead atoms. The van der Waals surface area contributed by atoms with Gasteiger partial charge in [-0.25, -0.2) is 0 Å². The molecule has 6 heteroatoms. The lowest BCUT2D eigenvalue weighted by Crippen LogP contribution is -2.49. The minimum absolute atomic E-state index is 0.0119. The number of Topliss-reactive ketones (excluding diaryl/α,β-unsaturated/α-hetero) is 1. The molecule has 1 saturated heterocycles. The maximum Gasteiger partial charge on any atom is 0.242 e. The predicted molar refractivity (Wildman–Crippen MR) is 114 cm³/mol. The molecule has 1 aliphatic heterocycles. The number of aromatic nitrogens is 1. The van der Waals surface area contributed by atoms with Crippen LogP contribution in [0.3, 0.4) is 0 Å². The van der Waals surface area contributed by atoms with Gasteiger partial charge in [0.1, 0.15) is 12.3 Å². The van der Waals surface area contributed by atoms with E-state index in [9.17, 15) is 9.59 Å². The Morgan fingerprint density at radius 2 is 1.66 bits per heavy atom. The molecule has 6 nitrogen and oxygen atoms in total. The lowest BCUT2D eigenvalue weighted by molar-refractivity contribution is -0.132. The largest absolute Gasteiger partial charge is 0.495 e. The van der Waals surface area contributed by atoms with E-state index in [1.807, 2.05) is 58.0 Å². The molecule has 0 radical (unpaired) electrons. The van der Waals surface area contributed by atoms with E-state index in [0.29, 0.717) is 18.7 Å². The van der Waals surface area contributed by atoms with Crippen LogP contribution in [0.1, 0.15) is 17.3 Å². The summed E-state index contributed by atoms with van der Waals surface area (Å²) in [4.78, 5) is 29.0. The molecule has 150 valence electrons. The summed E-state index contributed by atoms with van der Waals surface area (Å²) in [6, 6.07) is 15.7. The highest BCUT2D eigenvalue weighted by atomic mass is 16.5. The number of methoxy groups -OCH3 is 1. The monoisotopic (exact) mass is 391 g/mol. The first-order valence-electron chi connectivity index (χ1n) is 9.83. The summed E-state index contributed by atoms with van der Waals surface area (Å²) in [7, 11) is 1.68. The minimum Gasteiger partial charge on any atom is -0.495 e. The maximum atomic E-state index is 12.9. The summed E-state index contributed by atoms with van der Waals surface area (Å²) >= 11 is 0. The summed E-state index contributed by atoms with van der Waals surface area (Å²) in [6.07, 6.45) is 1.80. The predicted octanol–water partition coefficient (Wildman–Crippen LogP) is 3.20. The van der Waals surface area contributed by atoms with Crippen molar-refractivity contribution < 1.29 is 14.3 Å². The molecule has 2 heterocycles. The molecule has 0 saturated carbocycles. The SMILES string of the molecule is COc1ccccc1N1CCN(C(=O)Cn2cc(C(C)=O)c3ccccc32)CC1. The molecule has 0 N–H and O–H groups in total. The van der Waals surface area contributed by atoms with Crippen molar-refractivity contribution in [3.8, 4) is 5.75 Å². The molecule has 0 spiro atoms. The zero-order chi connectivity index (χ0) is 20.4. The van der Waals surface area contributed by atoms with E-state index in [0.717, 1.165) is 35.4 Å². The third-order valence-electron chi connectivity index (χ3n) is 5.53. The Labute approximate surface area is 170 Å². The number of benzene rings is 2. The molecule has 0 atom stereocenters. The summed E-state index contributed by atoms with van der Waals surface area (Å²) in [5, 5.41) is 0.897. The van der Waals surface area contributed by atoms with Crippen molar-refractivity contribution in [1.29, 1.82) is 0 Å². The molecule has 29 heavy (non-hydrogen) atoms. The van der Waals surface area contributed by atoms with Crippen molar-refractivity contribution >= 4 is 28.3 Å². The fraction of sp³-hybridized carbons (Fsp3) is 0.304. The van der Waals surface area contributed by atoms with E-state index < -0.39 is 0 Å². The van der Waals surface area contributed by atoms with Crippen LogP contribution in [-0.2, 0) is 11.3 Å². The number of ether oxygens (including phenoxy) is 1. The molecule has 2 aromatic carbocycles. The molecule has 1 aliphatic rings. The number of amides is 1. The molecular formula is C23H25N3O3. The van der Waals surface area contributed by atoms with Crippen LogP contribution in [-0.4, -0.2) is 54.4 Å². The van der Waals surface area contributed by atoms with Crippen molar-refractivity contribution in [1.82, 2.24) is 9.47 Å². The third kappa shape index (κ3) is 3.70. The van der Waals surface area contributed by atoms with Crippen molar-refractivity contribution in [2.75, 3.05) is 38.2 Å². The molecule has 0 unspecified atom stereocenters. The van der Waals surface area contributed by atoms with Gasteiger partial charge in [0, 0.05) is 48.8 Å². The first-order valence-corrected chi connectivity index (χ1v) is 9.83. The molecule has 0 aliphatic carbocycles. The summed E-state index contributed by atoms with van der Waals surface area (Å²) in [5.74, 6) is 0.932. The molecule has 4 rings (SSSR count). The second kappa shape index (κ2) is 7.99. The van der Waals surface area contributed by atoms with Gasteiger partial charge in [-0.2, -0.15) is 0 Å². The fourth-order valence-electron chi connectivity index (χ4n) is 3.99. The molecule has 1 aromatic heterocycles. The van der Waals surface area contributed by atoms with Gasteiger partial charge in [0.2, 0.25) is 5.91 Å². The number of carbonyl (C=O) groups excluding carboxylic acids is 2. The van der Waals surface area contributed by atoms with Gasteiger partial charge >= 0.3 is 0 Å². The van der Waals surface area contributed by atoms with Crippen molar-refractivity contribution in [2.45, 2.75) is 13.5 Å². The van der Waals surface area contributed by atoms with Gasteiger partial charge in [0.15, 0.2) is 5.78 Å². The summed E-state index contributed by atoms with van der Waals surface area (Å²) in [5.41, 5.74) is 2.64. The number of para-hydroxylation sites is 3. The lowest BCUT2D eigenvalue weighted by Gasteiger charge is -2.36. The zero-order valence-electron chi connectivity index (χ0n) is 16.8. The summed E-state index contributed by atoms with van der Waals surface area (Å²) in [6.45, 7) is 4.65. The molecule has 1 fully saturated rings. The van der Waals surface area contributed by atoms with E-state index in [1.165, 1.54) is 0 Å². The number of carbonyl (C=O) groups is 2. The van der Waals surface area contributed by atoms with Crippen LogP contribution in [0.4, 0.5) is 5.69 Å². The van der Waals surface area contributed by atoms with Gasteiger partial charge in [-0.1, -0.05) is 30.3 Å². The van der Waals surface area contributed by atoms with Gasteiger partial charge in [-0.15, -0.1) is 0 Å². The van der Waals surface area contributed by atoms with Crippen molar-refractivity contribution in [2.24, 2.45) is 0 Å². The van der Waals surface area contributed by atoms with E-state index in [2.05, 4.69) is 4.90 Å². The first-order chi connectivity index (χ1) is 14.1. The van der Waals surface area contributed by atoms with E-state index in [-0.39, 0.29) is 18.2 Å². The van der Waals surface area contributed by atoms with Gasteiger partial charge in [0.25, 0.3) is 0 Å². The molecule has 1 amide bonds. The topological polar surface area (TPSA) is 54.8 Å². The number of ketones is 1. The van der Waals surface area contributed by atoms with E-state index in [1.54, 1.807) is 20.2 Å². The smallest absolute Gasteiger partial charge is 0.242 e. The van der Waals surface area contributed by atoms with Crippen LogP contribution in [0.25, 0.3) is 10.9 Å². The number of anilines is 1. The Morgan fingerprint density at radius 1 is 0.966 bits per heavy atom. The number of hydrogen-bond donors (Lipinski definition) is 0. The number of piperazine rings is 1. The van der Waals surface area contributed by atoms with Crippen molar-refractivity contribution in [3.05, 3.63) is 60.3 Å².